The molecule has 6 heteroatoms. The van der Waals surface area contributed by atoms with Crippen molar-refractivity contribution in [2.75, 3.05) is 19.6 Å². The highest BCUT2D eigenvalue weighted by Crippen LogP contribution is 2.20. The maximum Gasteiger partial charge on any atom is 0.265 e. The predicted molar refractivity (Wildman–Crippen MR) is 73.8 cm³/mol. The number of nitrogens with one attached hydrogen (secondary N) is 1. The zero-order valence-corrected chi connectivity index (χ0v) is 11.4. The van der Waals surface area contributed by atoms with E-state index in [1.165, 1.54) is 11.3 Å². The van der Waals surface area contributed by atoms with Gasteiger partial charge in [0.15, 0.2) is 0 Å². The van der Waals surface area contributed by atoms with Crippen LogP contribution in [0.3, 0.4) is 0 Å². The average molecular weight is 277 g/mol. The minimum atomic E-state index is -0.446. The van der Waals surface area contributed by atoms with Gasteiger partial charge >= 0.3 is 0 Å². The maximum atomic E-state index is 12.5. The van der Waals surface area contributed by atoms with Crippen LogP contribution in [0.5, 0.6) is 0 Å². The molecule has 5 nitrogen and oxygen atoms in total. The summed E-state index contributed by atoms with van der Waals surface area (Å²) in [7, 11) is 0. The quantitative estimate of drug-likeness (QED) is 0.711. The van der Waals surface area contributed by atoms with E-state index in [0.717, 1.165) is 0 Å². The molecule has 3 N–H and O–H groups in total. The van der Waals surface area contributed by atoms with E-state index < -0.39 is 6.04 Å². The van der Waals surface area contributed by atoms with Crippen molar-refractivity contribution >= 4 is 23.2 Å². The van der Waals surface area contributed by atoms with Crippen LogP contribution in [-0.4, -0.2) is 42.4 Å². The van der Waals surface area contributed by atoms with E-state index in [2.05, 4.69) is 17.2 Å². The third kappa shape index (κ3) is 2.78. The topological polar surface area (TPSA) is 75.4 Å². The van der Waals surface area contributed by atoms with Crippen molar-refractivity contribution in [1.82, 2.24) is 10.2 Å². The Morgan fingerprint density at radius 3 is 3.21 bits per heavy atom. The second kappa shape index (κ2) is 5.87. The van der Waals surface area contributed by atoms with Gasteiger partial charge in [-0.05, 0) is 18.4 Å². The molecule has 19 heavy (non-hydrogen) atoms. The first-order valence-corrected chi connectivity index (χ1v) is 6.88. The van der Waals surface area contributed by atoms with Crippen molar-refractivity contribution < 1.29 is 9.59 Å². The highest BCUT2D eigenvalue weighted by molar-refractivity contribution is 7.12. The summed E-state index contributed by atoms with van der Waals surface area (Å²) in [5, 5.41) is 4.56. The lowest BCUT2D eigenvalue weighted by atomic mass is 10.1. The number of amides is 2. The number of nitrogens with two attached hydrogens (primary N) is 1. The Bertz CT molecular complexity index is 556. The van der Waals surface area contributed by atoms with Crippen molar-refractivity contribution in [1.29, 1.82) is 0 Å². The molecule has 1 aromatic heterocycles. The van der Waals surface area contributed by atoms with E-state index in [4.69, 9.17) is 5.73 Å². The van der Waals surface area contributed by atoms with Gasteiger partial charge in [0, 0.05) is 18.7 Å². The molecule has 1 unspecified atom stereocenters. The lowest BCUT2D eigenvalue weighted by Gasteiger charge is -2.32. The maximum absolute atomic E-state index is 12.5. The number of rotatable bonds is 1. The molecule has 1 saturated heterocycles. The second-order valence-corrected chi connectivity index (χ2v) is 5.05. The van der Waals surface area contributed by atoms with Crippen molar-refractivity contribution in [3.05, 3.63) is 21.9 Å². The molecule has 2 rings (SSSR count). The average Bonchev–Trinajstić information content (AvgIpc) is 2.87. The first-order chi connectivity index (χ1) is 9.15. The minimum Gasteiger partial charge on any atom is -0.353 e. The van der Waals surface area contributed by atoms with E-state index in [9.17, 15) is 9.59 Å². The zero-order chi connectivity index (χ0) is 13.8. The number of carbonyl (C=O) groups is 2. The van der Waals surface area contributed by atoms with Crippen LogP contribution >= 0.6 is 11.3 Å². The van der Waals surface area contributed by atoms with Gasteiger partial charge in [0.25, 0.3) is 5.91 Å². The van der Waals surface area contributed by atoms with E-state index >= 15 is 0 Å². The zero-order valence-electron chi connectivity index (χ0n) is 10.6. The largest absolute Gasteiger partial charge is 0.353 e. The molecule has 2 amide bonds. The van der Waals surface area contributed by atoms with Gasteiger partial charge in [0.2, 0.25) is 5.91 Å². The number of piperazine rings is 1. The summed E-state index contributed by atoms with van der Waals surface area (Å²) < 4.78 is 0. The van der Waals surface area contributed by atoms with Crippen LogP contribution in [0, 0.1) is 11.8 Å². The predicted octanol–water partition coefficient (Wildman–Crippen LogP) is 0.0188. The molecule has 0 spiro atoms. The molecule has 1 aromatic rings. The van der Waals surface area contributed by atoms with Crippen molar-refractivity contribution in [3.63, 3.8) is 0 Å². The Kier molecular flexibility index (Phi) is 4.20. The molecule has 100 valence electrons. The summed E-state index contributed by atoms with van der Waals surface area (Å²) in [5.41, 5.74) is 6.02. The summed E-state index contributed by atoms with van der Waals surface area (Å²) in [6, 6.07) is 1.36. The monoisotopic (exact) mass is 277 g/mol. The number of hydrogen-bond donors (Lipinski definition) is 2. The van der Waals surface area contributed by atoms with Crippen LogP contribution in [-0.2, 0) is 4.79 Å². The van der Waals surface area contributed by atoms with E-state index in [1.54, 1.807) is 17.9 Å². The van der Waals surface area contributed by atoms with Crippen LogP contribution in [0.15, 0.2) is 11.4 Å². The van der Waals surface area contributed by atoms with Crippen molar-refractivity contribution in [3.8, 4) is 11.8 Å². The van der Waals surface area contributed by atoms with E-state index in [-0.39, 0.29) is 18.4 Å². The van der Waals surface area contributed by atoms with Crippen LogP contribution < -0.4 is 11.1 Å². The lowest BCUT2D eigenvalue weighted by Crippen LogP contribution is -2.55. The first-order valence-electron chi connectivity index (χ1n) is 6.00. The number of thiophene rings is 1. The highest BCUT2D eigenvalue weighted by Gasteiger charge is 2.31. The Labute approximate surface area is 115 Å². The van der Waals surface area contributed by atoms with Crippen molar-refractivity contribution in [2.24, 2.45) is 5.73 Å². The van der Waals surface area contributed by atoms with E-state index in [0.29, 0.717) is 23.5 Å². The Hall–Kier alpha value is -1.84. The molecule has 0 aromatic carbocycles. The summed E-state index contributed by atoms with van der Waals surface area (Å²) >= 11 is 1.34. The van der Waals surface area contributed by atoms with Gasteiger partial charge in [0.1, 0.15) is 10.9 Å². The van der Waals surface area contributed by atoms with E-state index in [1.807, 2.05) is 5.38 Å². The molecule has 0 aliphatic carbocycles. The molecule has 1 atom stereocenters. The summed E-state index contributed by atoms with van der Waals surface area (Å²) in [6.07, 6.45) is 0. The molecule has 0 radical (unpaired) electrons. The van der Waals surface area contributed by atoms with Crippen LogP contribution in [0.1, 0.15) is 22.2 Å². The number of nitrogens with zero attached hydrogens (tertiary/aromatic N) is 1. The molecular weight excluding hydrogens is 262 g/mol. The van der Waals surface area contributed by atoms with Gasteiger partial charge in [-0.1, -0.05) is 11.8 Å². The molecule has 1 aliphatic heterocycles. The standard InChI is InChI=1S/C13H15N3O2S/c1-9-12(17)15-6-7-16(9)13(18)11-10(3-2-5-14)4-8-19-11/h4,8-9H,5-7,14H2,1H3,(H,15,17). The van der Waals surface area contributed by atoms with Gasteiger partial charge in [-0.25, -0.2) is 0 Å². The first kappa shape index (κ1) is 13.6. The highest BCUT2D eigenvalue weighted by atomic mass is 32.1. The van der Waals surface area contributed by atoms with Crippen LogP contribution in [0.4, 0.5) is 0 Å². The molecular formula is C13H15N3O2S. The lowest BCUT2D eigenvalue weighted by molar-refractivity contribution is -0.127. The third-order valence-electron chi connectivity index (χ3n) is 2.94. The minimum absolute atomic E-state index is 0.120. The molecule has 1 aliphatic rings. The van der Waals surface area contributed by atoms with Gasteiger partial charge < -0.3 is 16.0 Å². The Morgan fingerprint density at radius 1 is 1.68 bits per heavy atom. The smallest absolute Gasteiger partial charge is 0.265 e. The van der Waals surface area contributed by atoms with Crippen molar-refractivity contribution in [2.45, 2.75) is 13.0 Å². The van der Waals surface area contributed by atoms with Gasteiger partial charge in [-0.2, -0.15) is 0 Å². The number of carbonyl (C=O) groups excluding carboxylic acids is 2. The SMILES string of the molecule is CC1C(=O)NCCN1C(=O)c1sccc1C#CCN. The van der Waals surface area contributed by atoms with Crippen LogP contribution in [0.2, 0.25) is 0 Å². The molecule has 1 fully saturated rings. The normalized spacial score (nSPS) is 18.5. The van der Waals surface area contributed by atoms with Gasteiger partial charge in [0.05, 0.1) is 6.54 Å². The fraction of sp³-hybridized carbons (Fsp3) is 0.385. The van der Waals surface area contributed by atoms with Gasteiger partial charge in [-0.15, -0.1) is 11.3 Å². The Morgan fingerprint density at radius 2 is 2.47 bits per heavy atom. The number of hydrogen-bond acceptors (Lipinski definition) is 4. The summed E-state index contributed by atoms with van der Waals surface area (Å²) in [6.45, 7) is 2.99. The Balaban J connectivity index is 2.24. The van der Waals surface area contributed by atoms with Gasteiger partial charge in [-0.3, -0.25) is 9.59 Å². The summed E-state index contributed by atoms with van der Waals surface area (Å²) in [4.78, 5) is 26.2. The fourth-order valence-electron chi connectivity index (χ4n) is 1.91. The second-order valence-electron chi connectivity index (χ2n) is 4.13. The summed E-state index contributed by atoms with van der Waals surface area (Å²) in [5.74, 6) is 5.37. The van der Waals surface area contributed by atoms with Crippen LogP contribution in [0.25, 0.3) is 0 Å². The fourth-order valence-corrected chi connectivity index (χ4v) is 2.71. The molecule has 0 saturated carbocycles. The molecule has 2 heterocycles. The molecule has 0 bridgehead atoms. The third-order valence-corrected chi connectivity index (χ3v) is 3.85.